The van der Waals surface area contributed by atoms with E-state index in [-0.39, 0.29) is 22.5 Å². The van der Waals surface area contributed by atoms with Crippen molar-refractivity contribution < 1.29 is 9.90 Å². The van der Waals surface area contributed by atoms with Crippen LogP contribution in [0.5, 0.6) is 0 Å². The minimum absolute atomic E-state index is 0.0466. The fraction of sp³-hybridized carbons (Fsp3) is 0.917. The molecule has 0 spiro atoms. The molecule has 0 radical (unpaired) electrons. The molecule has 2 nitrogen and oxygen atoms in total. The number of Topliss-reactive ketones (excluding diaryl/α,β-unsaturated/α-hetero) is 1. The lowest BCUT2D eigenvalue weighted by Gasteiger charge is -2.50. The van der Waals surface area contributed by atoms with Gasteiger partial charge in [-0.3, -0.25) is 4.79 Å². The molecule has 2 rings (SSSR count). The summed E-state index contributed by atoms with van der Waals surface area (Å²) in [5.41, 5.74) is -0.932. The topological polar surface area (TPSA) is 37.3 Å². The van der Waals surface area contributed by atoms with Crippen molar-refractivity contribution in [1.29, 1.82) is 0 Å². The van der Waals surface area contributed by atoms with Gasteiger partial charge in [-0.25, -0.2) is 0 Å². The third-order valence-electron chi connectivity index (χ3n) is 4.62. The fourth-order valence-corrected chi connectivity index (χ4v) is 4.15. The fourth-order valence-electron chi connectivity index (χ4n) is 3.65. The standard InChI is InChI=1S/C12H19ClO2/c1-8(14)10-9(13)4-7-11(2)5-3-6-12(10,11)15/h9-10,15H,3-7H2,1-2H3/t9-,10+,11?,12+/m1/s1. The van der Waals surface area contributed by atoms with Crippen LogP contribution in [0.25, 0.3) is 0 Å². The number of ketones is 1. The van der Waals surface area contributed by atoms with E-state index < -0.39 is 5.60 Å². The van der Waals surface area contributed by atoms with Crippen molar-refractivity contribution in [1.82, 2.24) is 0 Å². The summed E-state index contributed by atoms with van der Waals surface area (Å²) < 4.78 is 0. The maximum Gasteiger partial charge on any atom is 0.137 e. The zero-order chi connectivity index (χ0) is 11.3. The van der Waals surface area contributed by atoms with E-state index in [2.05, 4.69) is 6.92 Å². The van der Waals surface area contributed by atoms with Gasteiger partial charge in [0.15, 0.2) is 0 Å². The molecule has 0 aliphatic heterocycles. The second-order valence-corrected chi connectivity index (χ2v) is 6.04. The van der Waals surface area contributed by atoms with Gasteiger partial charge in [0, 0.05) is 5.38 Å². The summed E-state index contributed by atoms with van der Waals surface area (Å²) in [4.78, 5) is 11.7. The van der Waals surface area contributed by atoms with Crippen LogP contribution in [0.2, 0.25) is 0 Å². The first kappa shape index (κ1) is 11.4. The van der Waals surface area contributed by atoms with Crippen LogP contribution in [0.1, 0.15) is 46.0 Å². The highest BCUT2D eigenvalue weighted by atomic mass is 35.5. The second kappa shape index (κ2) is 3.46. The number of carbonyl (C=O) groups excluding carboxylic acids is 1. The number of hydrogen-bond acceptors (Lipinski definition) is 2. The smallest absolute Gasteiger partial charge is 0.137 e. The van der Waals surface area contributed by atoms with Crippen LogP contribution in [0, 0.1) is 11.3 Å². The summed E-state index contributed by atoms with van der Waals surface area (Å²) >= 11 is 6.22. The molecule has 2 aliphatic carbocycles. The van der Waals surface area contributed by atoms with E-state index >= 15 is 0 Å². The van der Waals surface area contributed by atoms with Crippen LogP contribution in [0.4, 0.5) is 0 Å². The Labute approximate surface area is 96.0 Å². The first-order valence-electron chi connectivity index (χ1n) is 5.78. The van der Waals surface area contributed by atoms with Crippen LogP contribution < -0.4 is 0 Å². The summed E-state index contributed by atoms with van der Waals surface area (Å²) in [6, 6.07) is 0. The SMILES string of the molecule is CC(=O)[C@H]1[C@H](Cl)CCC2(C)CCC[C@]12O. The molecule has 1 N–H and O–H groups in total. The summed E-state index contributed by atoms with van der Waals surface area (Å²) in [6.07, 6.45) is 4.57. The Morgan fingerprint density at radius 3 is 2.67 bits per heavy atom. The van der Waals surface area contributed by atoms with Gasteiger partial charge in [0.2, 0.25) is 0 Å². The molecule has 0 aromatic rings. The van der Waals surface area contributed by atoms with Gasteiger partial charge >= 0.3 is 0 Å². The molecule has 0 aromatic carbocycles. The van der Waals surface area contributed by atoms with Crippen molar-refractivity contribution in [3.63, 3.8) is 0 Å². The number of hydrogen-bond donors (Lipinski definition) is 1. The van der Waals surface area contributed by atoms with E-state index in [4.69, 9.17) is 11.6 Å². The van der Waals surface area contributed by atoms with Crippen molar-refractivity contribution in [2.45, 2.75) is 56.9 Å². The van der Waals surface area contributed by atoms with Crippen molar-refractivity contribution in [3.05, 3.63) is 0 Å². The van der Waals surface area contributed by atoms with E-state index in [1.807, 2.05) is 0 Å². The molecule has 2 aliphatic rings. The Balaban J connectivity index is 2.39. The van der Waals surface area contributed by atoms with Crippen molar-refractivity contribution in [3.8, 4) is 0 Å². The van der Waals surface area contributed by atoms with Crippen LogP contribution in [0.15, 0.2) is 0 Å². The van der Waals surface area contributed by atoms with E-state index in [1.165, 1.54) is 0 Å². The summed E-state index contributed by atoms with van der Waals surface area (Å²) in [7, 11) is 0. The molecule has 0 saturated heterocycles. The van der Waals surface area contributed by atoms with Crippen molar-refractivity contribution >= 4 is 17.4 Å². The molecular formula is C12H19ClO2. The molecule has 15 heavy (non-hydrogen) atoms. The molecule has 0 heterocycles. The monoisotopic (exact) mass is 230 g/mol. The molecule has 3 heteroatoms. The molecule has 1 unspecified atom stereocenters. The lowest BCUT2D eigenvalue weighted by molar-refractivity contribution is -0.151. The lowest BCUT2D eigenvalue weighted by Crippen LogP contribution is -2.57. The highest BCUT2D eigenvalue weighted by molar-refractivity contribution is 6.22. The summed E-state index contributed by atoms with van der Waals surface area (Å²) in [5, 5.41) is 10.6. The van der Waals surface area contributed by atoms with E-state index in [0.717, 1.165) is 32.1 Å². The quantitative estimate of drug-likeness (QED) is 0.703. The predicted molar refractivity (Wildman–Crippen MR) is 60.0 cm³/mol. The first-order valence-corrected chi connectivity index (χ1v) is 6.21. The Morgan fingerprint density at radius 2 is 2.07 bits per heavy atom. The lowest BCUT2D eigenvalue weighted by atomic mass is 9.60. The van der Waals surface area contributed by atoms with Gasteiger partial charge in [0.25, 0.3) is 0 Å². The van der Waals surface area contributed by atoms with Crippen molar-refractivity contribution in [2.24, 2.45) is 11.3 Å². The Hall–Kier alpha value is -0.0800. The average Bonchev–Trinajstić information content (AvgIpc) is 2.41. The van der Waals surface area contributed by atoms with Crippen molar-refractivity contribution in [2.75, 3.05) is 0 Å². The number of alkyl halides is 1. The molecular weight excluding hydrogens is 212 g/mol. The largest absolute Gasteiger partial charge is 0.389 e. The first-order chi connectivity index (χ1) is 6.91. The second-order valence-electron chi connectivity index (χ2n) is 5.48. The van der Waals surface area contributed by atoms with E-state index in [0.29, 0.717) is 0 Å². The van der Waals surface area contributed by atoms with E-state index in [1.54, 1.807) is 6.92 Å². The number of halogens is 1. The summed E-state index contributed by atoms with van der Waals surface area (Å²) in [6.45, 7) is 3.67. The third kappa shape index (κ3) is 1.45. The van der Waals surface area contributed by atoms with Gasteiger partial charge in [0.1, 0.15) is 5.78 Å². The molecule has 2 saturated carbocycles. The minimum Gasteiger partial charge on any atom is -0.389 e. The predicted octanol–water partition coefficient (Wildman–Crippen LogP) is 2.51. The van der Waals surface area contributed by atoms with Crippen LogP contribution in [0.3, 0.4) is 0 Å². The minimum atomic E-state index is -0.844. The highest BCUT2D eigenvalue weighted by Crippen LogP contribution is 2.58. The molecule has 2 fully saturated rings. The number of fused-ring (bicyclic) bond motifs is 1. The van der Waals surface area contributed by atoms with Gasteiger partial charge in [0.05, 0.1) is 11.5 Å². The molecule has 0 aromatic heterocycles. The highest BCUT2D eigenvalue weighted by Gasteiger charge is 2.60. The van der Waals surface area contributed by atoms with Gasteiger partial charge in [-0.1, -0.05) is 6.92 Å². The normalized spacial score (nSPS) is 50.1. The zero-order valence-electron chi connectivity index (χ0n) is 9.42. The van der Waals surface area contributed by atoms with Gasteiger partial charge in [-0.15, -0.1) is 11.6 Å². The molecule has 0 bridgehead atoms. The average molecular weight is 231 g/mol. The molecule has 86 valence electrons. The maximum absolute atomic E-state index is 11.7. The van der Waals surface area contributed by atoms with Crippen LogP contribution >= 0.6 is 11.6 Å². The third-order valence-corrected chi connectivity index (χ3v) is 5.09. The van der Waals surface area contributed by atoms with Crippen LogP contribution in [-0.2, 0) is 4.79 Å². The summed E-state index contributed by atoms with van der Waals surface area (Å²) in [5.74, 6) is -0.314. The van der Waals surface area contributed by atoms with Gasteiger partial charge in [-0.05, 0) is 44.4 Å². The van der Waals surface area contributed by atoms with Gasteiger partial charge < -0.3 is 5.11 Å². The number of carbonyl (C=O) groups is 1. The number of rotatable bonds is 1. The van der Waals surface area contributed by atoms with E-state index in [9.17, 15) is 9.90 Å². The maximum atomic E-state index is 11.7. The molecule has 0 amide bonds. The Bertz CT molecular complexity index is 291. The zero-order valence-corrected chi connectivity index (χ0v) is 10.2. The number of aliphatic hydroxyl groups is 1. The van der Waals surface area contributed by atoms with Gasteiger partial charge in [-0.2, -0.15) is 0 Å². The molecule has 4 atom stereocenters. The Kier molecular flexibility index (Phi) is 2.63. The van der Waals surface area contributed by atoms with Crippen LogP contribution in [-0.4, -0.2) is 21.9 Å². The Morgan fingerprint density at radius 1 is 1.40 bits per heavy atom.